The normalized spacial score (nSPS) is 23.1. The van der Waals surface area contributed by atoms with Crippen LogP contribution < -0.4 is 5.32 Å². The van der Waals surface area contributed by atoms with Crippen LogP contribution in [0.3, 0.4) is 0 Å². The van der Waals surface area contributed by atoms with Gasteiger partial charge in [-0.2, -0.15) is 0 Å². The average Bonchev–Trinajstić information content (AvgIpc) is 2.77. The number of aromatic nitrogens is 2. The molecule has 3 heteroatoms. The molecule has 1 fully saturated rings. The molecule has 3 rings (SSSR count). The maximum atomic E-state index is 4.81. The summed E-state index contributed by atoms with van der Waals surface area (Å²) >= 11 is 0. The highest BCUT2D eigenvalue weighted by Crippen LogP contribution is 2.41. The lowest BCUT2D eigenvalue weighted by molar-refractivity contribution is 0.220. The molecule has 0 spiro atoms. The predicted octanol–water partition coefficient (Wildman–Crippen LogP) is 3.07. The fraction of sp³-hybridized carbons (Fsp3) is 0.733. The molecule has 0 atom stereocenters. The SMILES string of the molecule is Cc1nc(C2CCC(C)(C)CC2)nc2c1CNC2. The van der Waals surface area contributed by atoms with Crippen LogP contribution in [0.1, 0.15) is 68.2 Å². The van der Waals surface area contributed by atoms with Crippen molar-refractivity contribution in [1.29, 1.82) is 0 Å². The molecule has 0 aromatic carbocycles. The highest BCUT2D eigenvalue weighted by atomic mass is 15.0. The summed E-state index contributed by atoms with van der Waals surface area (Å²) in [6.07, 6.45) is 5.10. The van der Waals surface area contributed by atoms with E-state index >= 15 is 0 Å². The predicted molar refractivity (Wildman–Crippen MR) is 72.3 cm³/mol. The molecule has 0 bridgehead atoms. The van der Waals surface area contributed by atoms with Crippen LogP contribution in [0.4, 0.5) is 0 Å². The monoisotopic (exact) mass is 245 g/mol. The molecule has 1 N–H and O–H groups in total. The van der Waals surface area contributed by atoms with Gasteiger partial charge >= 0.3 is 0 Å². The van der Waals surface area contributed by atoms with Gasteiger partial charge in [0.25, 0.3) is 0 Å². The molecular weight excluding hydrogens is 222 g/mol. The van der Waals surface area contributed by atoms with Gasteiger partial charge in [-0.3, -0.25) is 0 Å². The van der Waals surface area contributed by atoms with Gasteiger partial charge in [0, 0.05) is 30.3 Å². The van der Waals surface area contributed by atoms with Crippen LogP contribution >= 0.6 is 0 Å². The first-order chi connectivity index (χ1) is 8.55. The van der Waals surface area contributed by atoms with Crippen LogP contribution in [0.2, 0.25) is 0 Å². The Kier molecular flexibility index (Phi) is 2.89. The zero-order chi connectivity index (χ0) is 12.8. The molecule has 2 heterocycles. The summed E-state index contributed by atoms with van der Waals surface area (Å²) in [6.45, 7) is 8.75. The summed E-state index contributed by atoms with van der Waals surface area (Å²) in [5, 5.41) is 3.37. The van der Waals surface area contributed by atoms with E-state index in [0.717, 1.165) is 18.9 Å². The smallest absolute Gasteiger partial charge is 0.132 e. The molecular formula is C15H23N3. The number of aryl methyl sites for hydroxylation is 1. The van der Waals surface area contributed by atoms with Crippen molar-refractivity contribution in [1.82, 2.24) is 15.3 Å². The van der Waals surface area contributed by atoms with Gasteiger partial charge < -0.3 is 5.32 Å². The van der Waals surface area contributed by atoms with Crippen molar-refractivity contribution in [3.8, 4) is 0 Å². The Morgan fingerprint density at radius 2 is 1.83 bits per heavy atom. The van der Waals surface area contributed by atoms with Crippen LogP contribution in [0.15, 0.2) is 0 Å². The second-order valence-corrected chi connectivity index (χ2v) is 6.63. The third-order valence-electron chi connectivity index (χ3n) is 4.62. The van der Waals surface area contributed by atoms with Crippen LogP contribution in [-0.2, 0) is 13.1 Å². The molecule has 1 aromatic rings. The van der Waals surface area contributed by atoms with Gasteiger partial charge in [0.05, 0.1) is 5.69 Å². The van der Waals surface area contributed by atoms with Gasteiger partial charge in [-0.05, 0) is 38.0 Å². The van der Waals surface area contributed by atoms with Crippen LogP contribution in [-0.4, -0.2) is 9.97 Å². The van der Waals surface area contributed by atoms with Gasteiger partial charge in [-0.1, -0.05) is 13.8 Å². The lowest BCUT2D eigenvalue weighted by Crippen LogP contribution is -2.22. The maximum Gasteiger partial charge on any atom is 0.132 e. The zero-order valence-corrected chi connectivity index (χ0v) is 11.7. The molecule has 0 unspecified atom stereocenters. The van der Waals surface area contributed by atoms with Crippen molar-refractivity contribution in [2.45, 2.75) is 65.5 Å². The first-order valence-corrected chi connectivity index (χ1v) is 7.12. The highest BCUT2D eigenvalue weighted by molar-refractivity contribution is 5.29. The van der Waals surface area contributed by atoms with E-state index in [1.165, 1.54) is 42.6 Å². The highest BCUT2D eigenvalue weighted by Gasteiger charge is 2.30. The number of fused-ring (bicyclic) bond motifs is 1. The first-order valence-electron chi connectivity index (χ1n) is 7.12. The molecule has 1 aromatic heterocycles. The Morgan fingerprint density at radius 3 is 2.56 bits per heavy atom. The largest absolute Gasteiger partial charge is 0.307 e. The number of rotatable bonds is 1. The summed E-state index contributed by atoms with van der Waals surface area (Å²) in [5.74, 6) is 1.69. The van der Waals surface area contributed by atoms with E-state index in [0.29, 0.717) is 11.3 Å². The van der Waals surface area contributed by atoms with Gasteiger partial charge in [-0.15, -0.1) is 0 Å². The molecule has 0 saturated heterocycles. The zero-order valence-electron chi connectivity index (χ0n) is 11.7. The van der Waals surface area contributed by atoms with E-state index in [-0.39, 0.29) is 0 Å². The Labute approximate surface area is 109 Å². The van der Waals surface area contributed by atoms with Crippen molar-refractivity contribution >= 4 is 0 Å². The number of nitrogens with zero attached hydrogens (tertiary/aromatic N) is 2. The molecule has 0 amide bonds. The number of hydrogen-bond donors (Lipinski definition) is 1. The summed E-state index contributed by atoms with van der Waals surface area (Å²) in [6, 6.07) is 0. The first kappa shape index (κ1) is 12.1. The molecule has 3 nitrogen and oxygen atoms in total. The van der Waals surface area contributed by atoms with E-state index in [4.69, 9.17) is 9.97 Å². The van der Waals surface area contributed by atoms with E-state index in [9.17, 15) is 0 Å². The van der Waals surface area contributed by atoms with Gasteiger partial charge in [-0.25, -0.2) is 9.97 Å². The fourth-order valence-electron chi connectivity index (χ4n) is 3.20. The Morgan fingerprint density at radius 1 is 1.11 bits per heavy atom. The van der Waals surface area contributed by atoms with Gasteiger partial charge in [0.15, 0.2) is 0 Å². The minimum atomic E-state index is 0.518. The quantitative estimate of drug-likeness (QED) is 0.826. The van der Waals surface area contributed by atoms with Crippen LogP contribution in [0, 0.1) is 12.3 Å². The minimum Gasteiger partial charge on any atom is -0.307 e. The molecule has 1 aliphatic carbocycles. The third kappa shape index (κ3) is 2.16. The second kappa shape index (κ2) is 4.30. The Balaban J connectivity index is 1.83. The van der Waals surface area contributed by atoms with Gasteiger partial charge in [0.2, 0.25) is 0 Å². The van der Waals surface area contributed by atoms with Crippen molar-refractivity contribution in [3.63, 3.8) is 0 Å². The number of hydrogen-bond acceptors (Lipinski definition) is 3. The summed E-state index contributed by atoms with van der Waals surface area (Å²) in [4.78, 5) is 9.58. The molecule has 18 heavy (non-hydrogen) atoms. The maximum absolute atomic E-state index is 4.81. The van der Waals surface area contributed by atoms with Crippen molar-refractivity contribution < 1.29 is 0 Å². The van der Waals surface area contributed by atoms with E-state index in [1.54, 1.807) is 0 Å². The lowest BCUT2D eigenvalue weighted by atomic mass is 9.73. The standard InChI is InChI=1S/C15H23N3/c1-10-12-8-16-9-13(12)18-14(17-10)11-4-6-15(2,3)7-5-11/h11,16H,4-9H2,1-3H3. The molecule has 0 radical (unpaired) electrons. The number of nitrogens with one attached hydrogen (secondary N) is 1. The molecule has 1 aliphatic heterocycles. The Hall–Kier alpha value is -0.960. The van der Waals surface area contributed by atoms with Crippen LogP contribution in [0.5, 0.6) is 0 Å². The second-order valence-electron chi connectivity index (χ2n) is 6.63. The third-order valence-corrected chi connectivity index (χ3v) is 4.62. The molecule has 1 saturated carbocycles. The topological polar surface area (TPSA) is 37.8 Å². The van der Waals surface area contributed by atoms with E-state index in [2.05, 4.69) is 26.1 Å². The van der Waals surface area contributed by atoms with Crippen molar-refractivity contribution in [2.24, 2.45) is 5.41 Å². The molecule has 98 valence electrons. The molecule has 2 aliphatic rings. The minimum absolute atomic E-state index is 0.518. The summed E-state index contributed by atoms with van der Waals surface area (Å²) < 4.78 is 0. The van der Waals surface area contributed by atoms with Crippen LogP contribution in [0.25, 0.3) is 0 Å². The lowest BCUT2D eigenvalue weighted by Gasteiger charge is -2.33. The van der Waals surface area contributed by atoms with Gasteiger partial charge in [0.1, 0.15) is 5.82 Å². The van der Waals surface area contributed by atoms with E-state index < -0.39 is 0 Å². The average molecular weight is 245 g/mol. The Bertz CT molecular complexity index is 455. The van der Waals surface area contributed by atoms with Crippen molar-refractivity contribution in [3.05, 3.63) is 22.8 Å². The fourth-order valence-corrected chi connectivity index (χ4v) is 3.20. The van der Waals surface area contributed by atoms with E-state index in [1.807, 2.05) is 0 Å². The summed E-state index contributed by atoms with van der Waals surface area (Å²) in [5.41, 5.74) is 4.27. The van der Waals surface area contributed by atoms with Crippen molar-refractivity contribution in [2.75, 3.05) is 0 Å². The summed E-state index contributed by atoms with van der Waals surface area (Å²) in [7, 11) is 0.